The van der Waals surface area contributed by atoms with E-state index in [1.807, 2.05) is 36.4 Å². The van der Waals surface area contributed by atoms with Gasteiger partial charge >= 0.3 is 0 Å². The Morgan fingerprint density at radius 3 is 2.79 bits per heavy atom. The number of benzene rings is 2. The van der Waals surface area contributed by atoms with Crippen molar-refractivity contribution >= 4 is 17.3 Å². The van der Waals surface area contributed by atoms with Crippen LogP contribution in [0.3, 0.4) is 0 Å². The van der Waals surface area contributed by atoms with Gasteiger partial charge in [0.25, 0.3) is 0 Å². The predicted molar refractivity (Wildman–Crippen MR) is 79.2 cm³/mol. The van der Waals surface area contributed by atoms with Gasteiger partial charge in [-0.05, 0) is 30.2 Å². The second-order valence-corrected chi connectivity index (χ2v) is 5.14. The molecule has 1 aliphatic rings. The first-order valence-corrected chi connectivity index (χ1v) is 6.92. The normalized spacial score (nSPS) is 17.4. The third kappa shape index (κ3) is 2.69. The van der Waals surface area contributed by atoms with Crippen LogP contribution in [0.5, 0.6) is 5.75 Å². The number of rotatable bonds is 3. The van der Waals surface area contributed by atoms with E-state index in [2.05, 4.69) is 17.4 Å². The summed E-state index contributed by atoms with van der Waals surface area (Å²) in [6.45, 7) is 1.66. The second kappa shape index (κ2) is 5.54. The predicted octanol–water partition coefficient (Wildman–Crippen LogP) is 4.32. The van der Waals surface area contributed by atoms with Crippen molar-refractivity contribution in [2.75, 3.05) is 18.5 Å². The van der Waals surface area contributed by atoms with E-state index in [0.717, 1.165) is 36.0 Å². The van der Waals surface area contributed by atoms with Crippen LogP contribution in [0.4, 0.5) is 5.69 Å². The molecule has 0 amide bonds. The van der Waals surface area contributed by atoms with E-state index in [1.54, 1.807) is 0 Å². The average molecular weight is 274 g/mol. The van der Waals surface area contributed by atoms with Crippen LogP contribution >= 0.6 is 11.6 Å². The molecule has 2 aromatic carbocycles. The number of fused-ring (bicyclic) bond motifs is 1. The Morgan fingerprint density at radius 2 is 1.89 bits per heavy atom. The van der Waals surface area contributed by atoms with E-state index in [-0.39, 0.29) is 0 Å². The highest BCUT2D eigenvalue weighted by Crippen LogP contribution is 2.33. The summed E-state index contributed by atoms with van der Waals surface area (Å²) in [7, 11) is 0. The molecule has 98 valence electrons. The Kier molecular flexibility index (Phi) is 3.60. The van der Waals surface area contributed by atoms with Gasteiger partial charge in [-0.2, -0.15) is 0 Å². The monoisotopic (exact) mass is 273 g/mol. The van der Waals surface area contributed by atoms with Gasteiger partial charge in [0.05, 0.1) is 17.3 Å². The summed E-state index contributed by atoms with van der Waals surface area (Å²) >= 11 is 6.15. The molecule has 1 unspecified atom stereocenters. The Morgan fingerprint density at radius 1 is 1.11 bits per heavy atom. The largest absolute Gasteiger partial charge is 0.493 e. The van der Waals surface area contributed by atoms with E-state index >= 15 is 0 Å². The number of hydrogen-bond acceptors (Lipinski definition) is 2. The Bertz CT molecular complexity index is 570. The third-order valence-electron chi connectivity index (χ3n) is 3.50. The lowest BCUT2D eigenvalue weighted by molar-refractivity contribution is 0.270. The minimum atomic E-state index is 0.473. The lowest BCUT2D eigenvalue weighted by Gasteiger charge is -2.26. The quantitative estimate of drug-likeness (QED) is 0.899. The van der Waals surface area contributed by atoms with Crippen molar-refractivity contribution < 1.29 is 4.74 Å². The van der Waals surface area contributed by atoms with E-state index in [0.29, 0.717) is 5.92 Å². The Labute approximate surface area is 118 Å². The molecule has 0 aromatic heterocycles. The lowest BCUT2D eigenvalue weighted by Crippen LogP contribution is -2.20. The van der Waals surface area contributed by atoms with Crippen LogP contribution in [0.2, 0.25) is 5.02 Å². The summed E-state index contributed by atoms with van der Waals surface area (Å²) in [6.07, 6.45) is 1.04. The fourth-order valence-corrected chi connectivity index (χ4v) is 2.67. The number of nitrogens with one attached hydrogen (secondary N) is 1. The summed E-state index contributed by atoms with van der Waals surface area (Å²) in [4.78, 5) is 0. The molecule has 0 spiro atoms. The van der Waals surface area contributed by atoms with Crippen molar-refractivity contribution in [2.24, 2.45) is 0 Å². The maximum Gasteiger partial charge on any atom is 0.122 e. The first-order valence-electron chi connectivity index (χ1n) is 6.55. The fourth-order valence-electron chi connectivity index (χ4n) is 2.47. The van der Waals surface area contributed by atoms with Crippen LogP contribution in [-0.2, 0) is 0 Å². The molecule has 0 fully saturated rings. The molecule has 2 aromatic rings. The third-order valence-corrected chi connectivity index (χ3v) is 3.83. The molecule has 0 saturated carbocycles. The summed E-state index contributed by atoms with van der Waals surface area (Å²) < 4.78 is 5.68. The van der Waals surface area contributed by atoms with Gasteiger partial charge in [-0.15, -0.1) is 0 Å². The van der Waals surface area contributed by atoms with Crippen LogP contribution in [0.1, 0.15) is 17.9 Å². The summed E-state index contributed by atoms with van der Waals surface area (Å²) in [6, 6.07) is 16.1. The molecule has 3 heteroatoms. The molecule has 19 heavy (non-hydrogen) atoms. The zero-order valence-corrected chi connectivity index (χ0v) is 11.4. The maximum atomic E-state index is 6.15. The second-order valence-electron chi connectivity index (χ2n) is 4.73. The van der Waals surface area contributed by atoms with Crippen molar-refractivity contribution in [1.29, 1.82) is 0 Å². The first-order chi connectivity index (χ1) is 9.34. The number of para-hydroxylation sites is 2. The summed E-state index contributed by atoms with van der Waals surface area (Å²) in [5.74, 6) is 1.49. The van der Waals surface area contributed by atoms with E-state index < -0.39 is 0 Å². The molecule has 3 rings (SSSR count). The molecular formula is C16H16ClNO. The van der Waals surface area contributed by atoms with Gasteiger partial charge in [-0.3, -0.25) is 0 Å². The van der Waals surface area contributed by atoms with Gasteiger partial charge in [-0.1, -0.05) is 41.9 Å². The van der Waals surface area contributed by atoms with Crippen molar-refractivity contribution in [3.05, 3.63) is 59.1 Å². The molecule has 1 atom stereocenters. The zero-order valence-electron chi connectivity index (χ0n) is 10.6. The minimum Gasteiger partial charge on any atom is -0.493 e. The van der Waals surface area contributed by atoms with Gasteiger partial charge in [0, 0.05) is 12.5 Å². The van der Waals surface area contributed by atoms with Gasteiger partial charge in [0.15, 0.2) is 0 Å². The van der Waals surface area contributed by atoms with Crippen LogP contribution in [0, 0.1) is 0 Å². The van der Waals surface area contributed by atoms with Crippen LogP contribution < -0.4 is 10.1 Å². The van der Waals surface area contributed by atoms with Crippen molar-refractivity contribution in [3.63, 3.8) is 0 Å². The molecule has 1 aliphatic heterocycles. The highest BCUT2D eigenvalue weighted by molar-refractivity contribution is 6.33. The maximum absolute atomic E-state index is 6.15. The number of hydrogen-bond donors (Lipinski definition) is 1. The minimum absolute atomic E-state index is 0.473. The molecule has 1 heterocycles. The van der Waals surface area contributed by atoms with Gasteiger partial charge in [0.2, 0.25) is 0 Å². The van der Waals surface area contributed by atoms with Gasteiger partial charge in [0.1, 0.15) is 5.75 Å². The van der Waals surface area contributed by atoms with Crippen molar-refractivity contribution in [2.45, 2.75) is 12.3 Å². The van der Waals surface area contributed by atoms with Crippen LogP contribution in [-0.4, -0.2) is 13.2 Å². The highest BCUT2D eigenvalue weighted by Gasteiger charge is 2.20. The standard InChI is InChI=1S/C16H16ClNO/c17-14-6-2-3-7-15(14)18-11-12-9-10-19-16-8-4-1-5-13(12)16/h1-8,12,18H,9-11H2. The van der Waals surface area contributed by atoms with E-state index in [9.17, 15) is 0 Å². The Hall–Kier alpha value is -1.67. The van der Waals surface area contributed by atoms with Crippen molar-refractivity contribution in [3.8, 4) is 5.75 Å². The molecule has 2 nitrogen and oxygen atoms in total. The van der Waals surface area contributed by atoms with E-state index in [1.165, 1.54) is 5.56 Å². The molecule has 1 N–H and O–H groups in total. The SMILES string of the molecule is Clc1ccccc1NCC1CCOc2ccccc21. The van der Waals surface area contributed by atoms with Crippen LogP contribution in [0.15, 0.2) is 48.5 Å². The smallest absolute Gasteiger partial charge is 0.122 e. The van der Waals surface area contributed by atoms with Gasteiger partial charge in [-0.25, -0.2) is 0 Å². The average Bonchev–Trinajstić information content (AvgIpc) is 2.46. The fraction of sp³-hybridized carbons (Fsp3) is 0.250. The molecule has 0 aliphatic carbocycles. The molecule has 0 radical (unpaired) electrons. The lowest BCUT2D eigenvalue weighted by atomic mass is 9.93. The summed E-state index contributed by atoms with van der Waals surface area (Å²) in [5, 5.41) is 4.20. The molecule has 0 bridgehead atoms. The first kappa shape index (κ1) is 12.4. The van der Waals surface area contributed by atoms with Gasteiger partial charge < -0.3 is 10.1 Å². The zero-order chi connectivity index (χ0) is 13.1. The van der Waals surface area contributed by atoms with E-state index in [4.69, 9.17) is 16.3 Å². The number of ether oxygens (including phenoxy) is 1. The number of halogens is 1. The molecule has 0 saturated heterocycles. The number of anilines is 1. The van der Waals surface area contributed by atoms with Crippen molar-refractivity contribution in [1.82, 2.24) is 0 Å². The topological polar surface area (TPSA) is 21.3 Å². The Balaban J connectivity index is 1.73. The highest BCUT2D eigenvalue weighted by atomic mass is 35.5. The summed E-state index contributed by atoms with van der Waals surface area (Å²) in [5.41, 5.74) is 2.28. The van der Waals surface area contributed by atoms with Crippen LogP contribution in [0.25, 0.3) is 0 Å². The molecular weight excluding hydrogens is 258 g/mol.